The number of rotatable bonds is 5. The number of aliphatic hydroxyl groups is 1. The molecule has 0 heterocycles. The highest BCUT2D eigenvalue weighted by Gasteiger charge is 2.16. The molecule has 0 aliphatic rings. The van der Waals surface area contributed by atoms with Crippen molar-refractivity contribution in [2.45, 2.75) is 18.9 Å². The Bertz CT molecular complexity index is 357. The van der Waals surface area contributed by atoms with Gasteiger partial charge in [-0.1, -0.05) is 36.9 Å². The molecular formula is C13H16O3. The third kappa shape index (κ3) is 3.51. The van der Waals surface area contributed by atoms with Crippen LogP contribution in [0.2, 0.25) is 0 Å². The average Bonchev–Trinajstić information content (AvgIpc) is 2.35. The van der Waals surface area contributed by atoms with Crippen molar-refractivity contribution in [3.63, 3.8) is 0 Å². The summed E-state index contributed by atoms with van der Waals surface area (Å²) in [6, 6.07) is 9.78. The molecule has 0 bridgehead atoms. The van der Waals surface area contributed by atoms with Gasteiger partial charge in [-0.15, -0.1) is 0 Å². The Balaban J connectivity index is 2.44. The van der Waals surface area contributed by atoms with Gasteiger partial charge >= 0.3 is 5.97 Å². The minimum Gasteiger partial charge on any atom is -0.466 e. The van der Waals surface area contributed by atoms with Crippen LogP contribution in [0.4, 0.5) is 0 Å². The van der Waals surface area contributed by atoms with E-state index in [2.05, 4.69) is 11.3 Å². The molecule has 0 unspecified atom stereocenters. The highest BCUT2D eigenvalue weighted by atomic mass is 16.5. The van der Waals surface area contributed by atoms with E-state index in [0.717, 1.165) is 5.56 Å². The van der Waals surface area contributed by atoms with Crippen LogP contribution in [0.5, 0.6) is 0 Å². The number of esters is 1. The molecule has 0 aliphatic heterocycles. The van der Waals surface area contributed by atoms with Gasteiger partial charge in [0, 0.05) is 0 Å². The van der Waals surface area contributed by atoms with Crippen LogP contribution < -0.4 is 0 Å². The van der Waals surface area contributed by atoms with Crippen molar-refractivity contribution in [1.29, 1.82) is 0 Å². The predicted molar refractivity (Wildman–Crippen MR) is 61.9 cm³/mol. The quantitative estimate of drug-likeness (QED) is 0.607. The summed E-state index contributed by atoms with van der Waals surface area (Å²) >= 11 is 0. The number of hydrogen-bond donors (Lipinski definition) is 1. The molecule has 0 amide bonds. The SMILES string of the molecule is C=C(C(=O)OC)[C@H](O)CCc1ccccc1. The molecule has 0 fully saturated rings. The number of aryl methyl sites for hydroxylation is 1. The molecule has 0 saturated carbocycles. The van der Waals surface area contributed by atoms with Crippen molar-refractivity contribution in [2.24, 2.45) is 0 Å². The van der Waals surface area contributed by atoms with E-state index < -0.39 is 12.1 Å². The Morgan fingerprint density at radius 1 is 1.44 bits per heavy atom. The van der Waals surface area contributed by atoms with E-state index >= 15 is 0 Å². The minimum absolute atomic E-state index is 0.110. The monoisotopic (exact) mass is 220 g/mol. The summed E-state index contributed by atoms with van der Waals surface area (Å²) < 4.78 is 4.49. The summed E-state index contributed by atoms with van der Waals surface area (Å²) in [5.41, 5.74) is 1.23. The van der Waals surface area contributed by atoms with Gasteiger partial charge in [-0.2, -0.15) is 0 Å². The Labute approximate surface area is 95.4 Å². The second-order valence-electron chi connectivity index (χ2n) is 3.56. The Morgan fingerprint density at radius 3 is 2.62 bits per heavy atom. The van der Waals surface area contributed by atoms with E-state index in [9.17, 15) is 9.90 Å². The maximum atomic E-state index is 11.1. The molecule has 1 aromatic carbocycles. The molecule has 1 rings (SSSR count). The lowest BCUT2D eigenvalue weighted by Crippen LogP contribution is -2.18. The predicted octanol–water partition coefficient (Wildman–Crippen LogP) is 1.71. The Kier molecular flexibility index (Phi) is 4.73. The second-order valence-corrected chi connectivity index (χ2v) is 3.56. The standard InChI is InChI=1S/C13H16O3/c1-10(13(15)16-2)12(14)9-8-11-6-4-3-5-7-11/h3-7,12,14H,1,8-9H2,2H3/t12-/m1/s1. The zero-order valence-electron chi connectivity index (χ0n) is 9.35. The van der Waals surface area contributed by atoms with Gasteiger partial charge in [-0.3, -0.25) is 0 Å². The summed E-state index contributed by atoms with van der Waals surface area (Å²) in [6.45, 7) is 3.51. The van der Waals surface area contributed by atoms with Crippen LogP contribution in [0.25, 0.3) is 0 Å². The lowest BCUT2D eigenvalue weighted by molar-refractivity contribution is -0.137. The Morgan fingerprint density at radius 2 is 2.06 bits per heavy atom. The van der Waals surface area contributed by atoms with E-state index in [1.807, 2.05) is 30.3 Å². The highest BCUT2D eigenvalue weighted by Crippen LogP contribution is 2.10. The second kappa shape index (κ2) is 6.08. The normalized spacial score (nSPS) is 11.9. The third-order valence-electron chi connectivity index (χ3n) is 2.40. The molecule has 1 aromatic rings. The van der Waals surface area contributed by atoms with Crippen molar-refractivity contribution < 1.29 is 14.6 Å². The van der Waals surface area contributed by atoms with E-state index in [-0.39, 0.29) is 5.57 Å². The largest absolute Gasteiger partial charge is 0.466 e. The number of hydrogen-bond acceptors (Lipinski definition) is 3. The molecule has 0 aliphatic carbocycles. The first kappa shape index (κ1) is 12.5. The number of methoxy groups -OCH3 is 1. The smallest absolute Gasteiger partial charge is 0.335 e. The summed E-state index contributed by atoms with van der Waals surface area (Å²) in [6.07, 6.45) is 0.336. The van der Waals surface area contributed by atoms with Crippen molar-refractivity contribution in [3.8, 4) is 0 Å². The molecule has 1 atom stereocenters. The van der Waals surface area contributed by atoms with Crippen LogP contribution in [-0.4, -0.2) is 24.3 Å². The zero-order chi connectivity index (χ0) is 12.0. The van der Waals surface area contributed by atoms with Crippen LogP contribution >= 0.6 is 0 Å². The van der Waals surface area contributed by atoms with E-state index in [4.69, 9.17) is 0 Å². The molecule has 3 nitrogen and oxygen atoms in total. The van der Waals surface area contributed by atoms with Crippen molar-refractivity contribution >= 4 is 5.97 Å². The minimum atomic E-state index is -0.840. The lowest BCUT2D eigenvalue weighted by Gasteiger charge is -2.11. The third-order valence-corrected chi connectivity index (χ3v) is 2.40. The fourth-order valence-electron chi connectivity index (χ4n) is 1.39. The van der Waals surface area contributed by atoms with E-state index in [0.29, 0.717) is 12.8 Å². The van der Waals surface area contributed by atoms with Crippen molar-refractivity contribution in [1.82, 2.24) is 0 Å². The van der Waals surface area contributed by atoms with Gasteiger partial charge in [-0.25, -0.2) is 4.79 Å². The van der Waals surface area contributed by atoms with Crippen LogP contribution in [0.15, 0.2) is 42.5 Å². The molecule has 0 spiro atoms. The fraction of sp³-hybridized carbons (Fsp3) is 0.308. The molecule has 3 heteroatoms. The van der Waals surface area contributed by atoms with Crippen LogP contribution in [0, 0.1) is 0 Å². The molecule has 1 N–H and O–H groups in total. The van der Waals surface area contributed by atoms with Gasteiger partial charge < -0.3 is 9.84 Å². The number of benzene rings is 1. The van der Waals surface area contributed by atoms with Crippen molar-refractivity contribution in [3.05, 3.63) is 48.0 Å². The molecule has 0 radical (unpaired) electrons. The van der Waals surface area contributed by atoms with Gasteiger partial charge in [0.25, 0.3) is 0 Å². The number of aliphatic hydroxyl groups excluding tert-OH is 1. The molecule has 0 aromatic heterocycles. The first-order valence-electron chi connectivity index (χ1n) is 5.14. The molecule has 16 heavy (non-hydrogen) atoms. The lowest BCUT2D eigenvalue weighted by atomic mass is 10.0. The van der Waals surface area contributed by atoms with Crippen LogP contribution in [0.1, 0.15) is 12.0 Å². The van der Waals surface area contributed by atoms with Gasteiger partial charge in [0.2, 0.25) is 0 Å². The average molecular weight is 220 g/mol. The zero-order valence-corrected chi connectivity index (χ0v) is 9.35. The first-order chi connectivity index (χ1) is 7.65. The van der Waals surface area contributed by atoms with Gasteiger partial charge in [0.15, 0.2) is 0 Å². The molecule has 0 saturated heterocycles. The maximum absolute atomic E-state index is 11.1. The van der Waals surface area contributed by atoms with E-state index in [1.54, 1.807) is 0 Å². The molecular weight excluding hydrogens is 204 g/mol. The van der Waals surface area contributed by atoms with Crippen LogP contribution in [0.3, 0.4) is 0 Å². The van der Waals surface area contributed by atoms with Gasteiger partial charge in [0.05, 0.1) is 18.8 Å². The summed E-state index contributed by atoms with van der Waals surface area (Å²) in [5.74, 6) is -0.555. The van der Waals surface area contributed by atoms with Crippen molar-refractivity contribution in [2.75, 3.05) is 7.11 Å². The van der Waals surface area contributed by atoms with Crippen LogP contribution in [-0.2, 0) is 16.0 Å². The fourth-order valence-corrected chi connectivity index (χ4v) is 1.39. The summed E-state index contributed by atoms with van der Waals surface area (Å²) in [5, 5.41) is 9.68. The Hall–Kier alpha value is -1.61. The molecule has 86 valence electrons. The highest BCUT2D eigenvalue weighted by molar-refractivity contribution is 5.88. The first-order valence-corrected chi connectivity index (χ1v) is 5.14. The summed E-state index contributed by atoms with van der Waals surface area (Å²) in [4.78, 5) is 11.1. The number of ether oxygens (including phenoxy) is 1. The number of carbonyl (C=O) groups is 1. The summed E-state index contributed by atoms with van der Waals surface area (Å²) in [7, 11) is 1.28. The van der Waals surface area contributed by atoms with E-state index in [1.165, 1.54) is 7.11 Å². The number of carbonyl (C=O) groups excluding carboxylic acids is 1. The van der Waals surface area contributed by atoms with Gasteiger partial charge in [-0.05, 0) is 18.4 Å². The topological polar surface area (TPSA) is 46.5 Å². The maximum Gasteiger partial charge on any atom is 0.335 e. The van der Waals surface area contributed by atoms with Gasteiger partial charge in [0.1, 0.15) is 0 Å².